The van der Waals surface area contributed by atoms with Crippen LogP contribution in [0.2, 0.25) is 0 Å². The molecule has 2 N–H and O–H groups in total. The van der Waals surface area contributed by atoms with Crippen LogP contribution >= 0.6 is 11.8 Å². The van der Waals surface area contributed by atoms with E-state index in [4.69, 9.17) is 10.5 Å². The minimum atomic E-state index is -0.220. The molecule has 2 heterocycles. The Balaban J connectivity index is 1.80. The van der Waals surface area contributed by atoms with Crippen molar-refractivity contribution in [2.24, 2.45) is 5.73 Å². The summed E-state index contributed by atoms with van der Waals surface area (Å²) in [6.07, 6.45) is 2.70. The Bertz CT molecular complexity index is 1030. The molecular formula is C24H27N3OS. The topological polar surface area (TPSA) is 51.4 Å². The molecule has 4 rings (SSSR count). The van der Waals surface area contributed by atoms with Gasteiger partial charge in [0.25, 0.3) is 0 Å². The molecule has 150 valence electrons. The van der Waals surface area contributed by atoms with Crippen molar-refractivity contribution in [2.75, 3.05) is 4.90 Å². The second kappa shape index (κ2) is 7.73. The number of hydrogen-bond acceptors (Lipinski definition) is 5. The number of nitrogens with zero attached hydrogens (tertiary/aromatic N) is 2. The third kappa shape index (κ3) is 3.72. The first-order valence-corrected chi connectivity index (χ1v) is 10.8. The lowest BCUT2D eigenvalue weighted by Crippen LogP contribution is -2.33. The van der Waals surface area contributed by atoms with Gasteiger partial charge in [-0.05, 0) is 41.7 Å². The van der Waals surface area contributed by atoms with E-state index in [-0.39, 0.29) is 10.9 Å². The van der Waals surface area contributed by atoms with E-state index in [1.54, 1.807) is 18.0 Å². The van der Waals surface area contributed by atoms with Crippen molar-refractivity contribution in [3.05, 3.63) is 71.9 Å². The lowest BCUT2D eigenvalue weighted by Gasteiger charge is -2.27. The first-order chi connectivity index (χ1) is 13.9. The van der Waals surface area contributed by atoms with Gasteiger partial charge in [-0.2, -0.15) is 0 Å². The van der Waals surface area contributed by atoms with E-state index in [1.807, 2.05) is 30.3 Å². The molecule has 2 aromatic carbocycles. The van der Waals surface area contributed by atoms with Crippen molar-refractivity contribution < 1.29 is 4.74 Å². The summed E-state index contributed by atoms with van der Waals surface area (Å²) in [7, 11) is 0. The summed E-state index contributed by atoms with van der Waals surface area (Å²) in [5.74, 6) is 1.39. The van der Waals surface area contributed by atoms with Crippen LogP contribution in [0.1, 0.15) is 38.8 Å². The van der Waals surface area contributed by atoms with Crippen LogP contribution in [0.4, 0.5) is 11.4 Å². The van der Waals surface area contributed by atoms with E-state index in [9.17, 15) is 0 Å². The standard InChI is InChI=1S/C24H27N3OS/c1-5-16-10-8-14-20-21(16)27(23(25)29-20)18-12-9-15-26-22(18)28-19-13-7-6-11-17(19)24(2,3)4/h6-15,23H,5,25H2,1-4H3. The molecule has 1 aliphatic rings. The van der Waals surface area contributed by atoms with Crippen LogP contribution < -0.4 is 15.4 Å². The summed E-state index contributed by atoms with van der Waals surface area (Å²) in [5, 5.41) is 0. The van der Waals surface area contributed by atoms with Crippen LogP contribution in [-0.2, 0) is 11.8 Å². The Morgan fingerprint density at radius 2 is 1.86 bits per heavy atom. The Hall–Kier alpha value is -2.50. The minimum Gasteiger partial charge on any atom is -0.437 e. The Labute approximate surface area is 177 Å². The zero-order valence-corrected chi connectivity index (χ0v) is 18.2. The molecule has 1 aliphatic heterocycles. The largest absolute Gasteiger partial charge is 0.437 e. The second-order valence-electron chi connectivity index (χ2n) is 8.17. The number of benzene rings is 2. The highest BCUT2D eigenvalue weighted by Gasteiger charge is 2.33. The van der Waals surface area contributed by atoms with Gasteiger partial charge < -0.3 is 15.4 Å². The number of para-hydroxylation sites is 2. The van der Waals surface area contributed by atoms with Gasteiger partial charge in [0.15, 0.2) is 0 Å². The van der Waals surface area contributed by atoms with Crippen molar-refractivity contribution >= 4 is 23.1 Å². The van der Waals surface area contributed by atoms with Gasteiger partial charge in [0, 0.05) is 16.7 Å². The maximum Gasteiger partial charge on any atom is 0.243 e. The van der Waals surface area contributed by atoms with E-state index in [2.05, 4.69) is 61.8 Å². The normalized spacial score (nSPS) is 16.0. The fraction of sp³-hybridized carbons (Fsp3) is 0.292. The highest BCUT2D eigenvalue weighted by atomic mass is 32.2. The van der Waals surface area contributed by atoms with Crippen LogP contribution in [0.25, 0.3) is 0 Å². The quantitative estimate of drug-likeness (QED) is 0.558. The first kappa shape index (κ1) is 19.8. The maximum atomic E-state index is 6.55. The number of nitrogens with two attached hydrogens (primary N) is 1. The average Bonchev–Trinajstić information content (AvgIpc) is 3.04. The third-order valence-electron chi connectivity index (χ3n) is 5.12. The zero-order valence-electron chi connectivity index (χ0n) is 17.3. The molecule has 1 atom stereocenters. The number of aryl methyl sites for hydroxylation is 1. The van der Waals surface area contributed by atoms with Gasteiger partial charge in [0.05, 0.1) is 5.69 Å². The predicted octanol–water partition coefficient (Wildman–Crippen LogP) is 6.22. The molecule has 0 bridgehead atoms. The molecule has 5 heteroatoms. The molecule has 0 amide bonds. The number of thioether (sulfide) groups is 1. The Morgan fingerprint density at radius 3 is 2.62 bits per heavy atom. The molecule has 29 heavy (non-hydrogen) atoms. The summed E-state index contributed by atoms with van der Waals surface area (Å²) in [5.41, 5.74) is 10.8. The molecular weight excluding hydrogens is 378 g/mol. The van der Waals surface area contributed by atoms with Crippen LogP contribution in [0.5, 0.6) is 11.6 Å². The number of anilines is 2. The van der Waals surface area contributed by atoms with Crippen molar-refractivity contribution in [1.29, 1.82) is 0 Å². The maximum absolute atomic E-state index is 6.55. The Kier molecular flexibility index (Phi) is 5.28. The molecule has 0 spiro atoms. The minimum absolute atomic E-state index is 0.0343. The van der Waals surface area contributed by atoms with E-state index in [0.717, 1.165) is 29.1 Å². The Morgan fingerprint density at radius 1 is 1.07 bits per heavy atom. The number of ether oxygens (including phenoxy) is 1. The lowest BCUT2D eigenvalue weighted by molar-refractivity contribution is 0.440. The van der Waals surface area contributed by atoms with Crippen molar-refractivity contribution in [3.8, 4) is 11.6 Å². The van der Waals surface area contributed by atoms with Crippen molar-refractivity contribution in [3.63, 3.8) is 0 Å². The highest BCUT2D eigenvalue weighted by molar-refractivity contribution is 8.00. The first-order valence-electron chi connectivity index (χ1n) is 9.96. The van der Waals surface area contributed by atoms with Crippen LogP contribution in [0, 0.1) is 0 Å². The summed E-state index contributed by atoms with van der Waals surface area (Å²) in [6.45, 7) is 8.73. The molecule has 0 fully saturated rings. The fourth-order valence-corrected chi connectivity index (χ4v) is 4.80. The van der Waals surface area contributed by atoms with E-state index in [1.165, 1.54) is 10.5 Å². The van der Waals surface area contributed by atoms with Gasteiger partial charge in [-0.3, -0.25) is 0 Å². The molecule has 3 aromatic rings. The number of aromatic nitrogens is 1. The van der Waals surface area contributed by atoms with Gasteiger partial charge >= 0.3 is 0 Å². The summed E-state index contributed by atoms with van der Waals surface area (Å²) in [6, 6.07) is 18.5. The smallest absolute Gasteiger partial charge is 0.243 e. The van der Waals surface area contributed by atoms with Gasteiger partial charge in [-0.15, -0.1) is 0 Å². The number of pyridine rings is 1. The zero-order chi connectivity index (χ0) is 20.6. The van der Waals surface area contributed by atoms with Crippen molar-refractivity contribution in [1.82, 2.24) is 4.98 Å². The summed E-state index contributed by atoms with van der Waals surface area (Å²) in [4.78, 5) is 7.93. The number of fused-ring (bicyclic) bond motifs is 1. The van der Waals surface area contributed by atoms with Gasteiger partial charge in [-0.25, -0.2) is 4.98 Å². The third-order valence-corrected chi connectivity index (χ3v) is 6.15. The highest BCUT2D eigenvalue weighted by Crippen LogP contribution is 2.50. The molecule has 1 unspecified atom stereocenters. The van der Waals surface area contributed by atoms with Crippen LogP contribution in [0.15, 0.2) is 65.7 Å². The van der Waals surface area contributed by atoms with Gasteiger partial charge in [-0.1, -0.05) is 69.8 Å². The van der Waals surface area contributed by atoms with Crippen molar-refractivity contribution in [2.45, 2.75) is 49.9 Å². The van der Waals surface area contributed by atoms with E-state index in [0.29, 0.717) is 5.88 Å². The van der Waals surface area contributed by atoms with Crippen LogP contribution in [0.3, 0.4) is 0 Å². The average molecular weight is 406 g/mol. The SMILES string of the molecule is CCc1cccc2c1N(c1cccnc1Oc1ccccc1C(C)(C)C)C(N)S2. The van der Waals surface area contributed by atoms with Gasteiger partial charge in [0.1, 0.15) is 16.9 Å². The predicted molar refractivity (Wildman–Crippen MR) is 121 cm³/mol. The monoisotopic (exact) mass is 405 g/mol. The van der Waals surface area contributed by atoms with Crippen LogP contribution in [-0.4, -0.2) is 10.5 Å². The molecule has 0 saturated heterocycles. The van der Waals surface area contributed by atoms with E-state index >= 15 is 0 Å². The molecule has 0 radical (unpaired) electrons. The summed E-state index contributed by atoms with van der Waals surface area (Å²) >= 11 is 1.67. The molecule has 0 saturated carbocycles. The molecule has 4 nitrogen and oxygen atoms in total. The van der Waals surface area contributed by atoms with E-state index < -0.39 is 0 Å². The molecule has 1 aromatic heterocycles. The van der Waals surface area contributed by atoms with Gasteiger partial charge in [0.2, 0.25) is 5.88 Å². The lowest BCUT2D eigenvalue weighted by atomic mass is 9.86. The number of hydrogen-bond donors (Lipinski definition) is 1. The number of rotatable bonds is 4. The fourth-order valence-electron chi connectivity index (χ4n) is 3.71. The second-order valence-corrected chi connectivity index (χ2v) is 9.33. The summed E-state index contributed by atoms with van der Waals surface area (Å²) < 4.78 is 6.40. The molecule has 0 aliphatic carbocycles.